The van der Waals surface area contributed by atoms with Crippen molar-refractivity contribution in [3.8, 4) is 0 Å². The topological polar surface area (TPSA) is 96.4 Å². The second kappa shape index (κ2) is 9.59. The van der Waals surface area contributed by atoms with Gasteiger partial charge in [0.15, 0.2) is 0 Å². The van der Waals surface area contributed by atoms with Gasteiger partial charge < -0.3 is 20.2 Å². The fourth-order valence-electron chi connectivity index (χ4n) is 9.55. The van der Waals surface area contributed by atoms with Crippen molar-refractivity contribution in [3.05, 3.63) is 48.5 Å². The molecule has 0 radical (unpaired) electrons. The lowest BCUT2D eigenvalue weighted by molar-refractivity contribution is -0.136. The summed E-state index contributed by atoms with van der Waals surface area (Å²) in [4.78, 5) is 20.3. The van der Waals surface area contributed by atoms with Gasteiger partial charge in [0.2, 0.25) is 10.0 Å². The molecular weight excluding hydrogens is 550 g/mol. The van der Waals surface area contributed by atoms with E-state index in [0.29, 0.717) is 55.8 Å². The number of sulfonamides is 1. The number of amides is 2. The van der Waals surface area contributed by atoms with Gasteiger partial charge in [-0.15, -0.1) is 0 Å². The Bertz CT molecular complexity index is 1470. The van der Waals surface area contributed by atoms with Crippen LogP contribution in [0.3, 0.4) is 0 Å². The van der Waals surface area contributed by atoms with Crippen LogP contribution >= 0.6 is 0 Å². The number of anilines is 4. The lowest BCUT2D eigenvalue weighted by atomic mass is 9.52. The Balaban J connectivity index is 0.956. The molecule has 10 heteroatoms. The Morgan fingerprint density at radius 1 is 0.833 bits per heavy atom. The fraction of sp³-hybridized carbons (Fsp3) is 0.594. The van der Waals surface area contributed by atoms with Crippen molar-refractivity contribution in [2.75, 3.05) is 60.2 Å². The number of urea groups is 1. The predicted octanol–water partition coefficient (Wildman–Crippen LogP) is 3.62. The number of nitrogens with one attached hydrogen (secondary N) is 1. The maximum absolute atomic E-state index is 13.7. The summed E-state index contributed by atoms with van der Waals surface area (Å²) in [6, 6.07) is 17.0. The standard InChI is InChI=1S/C32H41N5O4S/c1-42(40,41)35-19-24-17-34(18-25(24)20-35)26-6-8-27(9-7-26)36-10-11-37(29-5-3-2-4-28(29)36)31(38)33-30-22-12-21-13-23(30)16-32(39,14-21)15-22/h2-9,21-25,30,39H,10-20H2,1H3,(H,33,38)/t21?,22?,23?,24-,25-,30?,32?/m0/s1. The van der Waals surface area contributed by atoms with E-state index in [2.05, 4.69) is 45.4 Å². The second-order valence-corrected chi connectivity index (χ2v) is 16.0. The first kappa shape index (κ1) is 26.8. The molecule has 42 heavy (non-hydrogen) atoms. The van der Waals surface area contributed by atoms with Gasteiger partial charge in [-0.1, -0.05) is 12.1 Å². The Morgan fingerprint density at radius 2 is 1.45 bits per heavy atom. The van der Waals surface area contributed by atoms with Crippen LogP contribution in [0.15, 0.2) is 48.5 Å². The summed E-state index contributed by atoms with van der Waals surface area (Å²) in [5.41, 5.74) is 3.73. The van der Waals surface area contributed by atoms with Crippen molar-refractivity contribution in [2.24, 2.45) is 29.6 Å². The molecule has 4 saturated carbocycles. The molecule has 7 aliphatic rings. The molecule has 3 aliphatic heterocycles. The SMILES string of the molecule is CS(=O)(=O)N1C[C@@H]2CN(c3ccc(N4CCN(C(=O)NC5C6CC7CC5CC(O)(C7)C6)c5ccccc54)cc3)C[C@H]2C1. The summed E-state index contributed by atoms with van der Waals surface area (Å²) in [5.74, 6) is 2.15. The molecule has 4 atom stereocenters. The van der Waals surface area contributed by atoms with Gasteiger partial charge in [-0.25, -0.2) is 17.5 Å². The lowest BCUT2D eigenvalue weighted by Gasteiger charge is -2.58. The highest BCUT2D eigenvalue weighted by molar-refractivity contribution is 7.88. The highest BCUT2D eigenvalue weighted by atomic mass is 32.2. The van der Waals surface area contributed by atoms with Crippen LogP contribution < -0.4 is 20.0 Å². The van der Waals surface area contributed by atoms with Crippen LogP contribution in [0.5, 0.6) is 0 Å². The van der Waals surface area contributed by atoms with Crippen molar-refractivity contribution >= 4 is 38.8 Å². The van der Waals surface area contributed by atoms with Gasteiger partial charge in [-0.3, -0.25) is 4.90 Å². The van der Waals surface area contributed by atoms with Gasteiger partial charge >= 0.3 is 6.03 Å². The van der Waals surface area contributed by atoms with Gasteiger partial charge in [0.05, 0.1) is 23.2 Å². The van der Waals surface area contributed by atoms with Crippen LogP contribution in [-0.4, -0.2) is 81.0 Å². The molecule has 0 aromatic heterocycles. The average Bonchev–Trinajstić information content (AvgIpc) is 3.54. The molecule has 3 heterocycles. The van der Waals surface area contributed by atoms with Crippen LogP contribution in [0, 0.1) is 29.6 Å². The molecule has 2 saturated heterocycles. The van der Waals surface area contributed by atoms with Gasteiger partial charge in [0.25, 0.3) is 0 Å². The van der Waals surface area contributed by atoms with Crippen molar-refractivity contribution in [1.29, 1.82) is 0 Å². The summed E-state index contributed by atoms with van der Waals surface area (Å²) in [5, 5.41) is 14.4. The van der Waals surface area contributed by atoms with Gasteiger partial charge in [0, 0.05) is 56.7 Å². The zero-order chi connectivity index (χ0) is 28.8. The zero-order valence-electron chi connectivity index (χ0n) is 24.2. The normalized spacial score (nSPS) is 35.4. The number of carbonyl (C=O) groups is 1. The van der Waals surface area contributed by atoms with Crippen LogP contribution in [0.4, 0.5) is 27.5 Å². The zero-order valence-corrected chi connectivity index (χ0v) is 25.0. The Kier molecular flexibility index (Phi) is 6.12. The van der Waals surface area contributed by atoms with Crippen LogP contribution in [-0.2, 0) is 10.0 Å². The first-order chi connectivity index (χ1) is 20.1. The maximum atomic E-state index is 13.7. The maximum Gasteiger partial charge on any atom is 0.322 e. The quantitative estimate of drug-likeness (QED) is 0.564. The van der Waals surface area contributed by atoms with Gasteiger partial charge in [-0.2, -0.15) is 0 Å². The number of hydrogen-bond donors (Lipinski definition) is 2. The van der Waals surface area contributed by atoms with E-state index in [-0.39, 0.29) is 12.1 Å². The van der Waals surface area contributed by atoms with E-state index in [1.165, 1.54) is 11.9 Å². The lowest BCUT2D eigenvalue weighted by Crippen LogP contribution is -2.63. The Labute approximate surface area is 248 Å². The number of benzene rings is 2. The van der Waals surface area contributed by atoms with E-state index in [0.717, 1.165) is 62.3 Å². The first-order valence-electron chi connectivity index (χ1n) is 15.6. The molecule has 4 bridgehead atoms. The minimum atomic E-state index is -3.12. The minimum Gasteiger partial charge on any atom is -0.390 e. The number of rotatable bonds is 4. The summed E-state index contributed by atoms with van der Waals surface area (Å²) < 4.78 is 25.6. The summed E-state index contributed by atoms with van der Waals surface area (Å²) in [6.07, 6.45) is 6.15. The van der Waals surface area contributed by atoms with Crippen molar-refractivity contribution in [3.63, 3.8) is 0 Å². The first-order valence-corrected chi connectivity index (χ1v) is 17.5. The van der Waals surface area contributed by atoms with E-state index < -0.39 is 15.6 Å². The third-order valence-electron chi connectivity index (χ3n) is 11.2. The number of nitrogens with zero attached hydrogens (tertiary/aromatic N) is 4. The third-order valence-corrected chi connectivity index (χ3v) is 12.5. The van der Waals surface area contributed by atoms with Gasteiger partial charge in [-0.05, 0) is 98.1 Å². The van der Waals surface area contributed by atoms with Gasteiger partial charge in [0.1, 0.15) is 0 Å². The molecule has 9 rings (SSSR count). The predicted molar refractivity (Wildman–Crippen MR) is 164 cm³/mol. The fourth-order valence-corrected chi connectivity index (χ4v) is 10.5. The minimum absolute atomic E-state index is 0.0177. The molecule has 0 spiro atoms. The molecule has 2 aromatic rings. The molecule has 2 N–H and O–H groups in total. The molecule has 224 valence electrons. The van der Waals surface area contributed by atoms with Crippen molar-refractivity contribution in [1.82, 2.24) is 9.62 Å². The van der Waals surface area contributed by atoms with E-state index >= 15 is 0 Å². The van der Waals surface area contributed by atoms with Crippen LogP contribution in [0.2, 0.25) is 0 Å². The largest absolute Gasteiger partial charge is 0.390 e. The van der Waals surface area contributed by atoms with Crippen molar-refractivity contribution < 1.29 is 18.3 Å². The highest BCUT2D eigenvalue weighted by Crippen LogP contribution is 2.55. The number of fused-ring (bicyclic) bond motifs is 2. The number of hydrogen-bond acceptors (Lipinski definition) is 6. The monoisotopic (exact) mass is 591 g/mol. The Morgan fingerprint density at radius 3 is 2.07 bits per heavy atom. The third kappa shape index (κ3) is 4.48. The number of carbonyl (C=O) groups excluding carboxylic acids is 1. The van der Waals surface area contributed by atoms with E-state index in [1.807, 2.05) is 23.1 Å². The summed E-state index contributed by atoms with van der Waals surface area (Å²) >= 11 is 0. The molecule has 2 amide bonds. The van der Waals surface area contributed by atoms with E-state index in [1.54, 1.807) is 4.31 Å². The summed E-state index contributed by atoms with van der Waals surface area (Å²) in [6.45, 7) is 4.32. The smallest absolute Gasteiger partial charge is 0.322 e. The van der Waals surface area contributed by atoms with E-state index in [4.69, 9.17) is 0 Å². The number of para-hydroxylation sites is 2. The van der Waals surface area contributed by atoms with E-state index in [9.17, 15) is 18.3 Å². The average molecular weight is 592 g/mol. The highest BCUT2D eigenvalue weighted by Gasteiger charge is 2.55. The molecule has 2 aromatic carbocycles. The second-order valence-electron chi connectivity index (χ2n) is 14.0. The number of aliphatic hydroxyl groups is 1. The van der Waals surface area contributed by atoms with Crippen molar-refractivity contribution in [2.45, 2.75) is 43.7 Å². The molecular formula is C32H41N5O4S. The molecule has 6 fully saturated rings. The van der Waals surface area contributed by atoms with Crippen LogP contribution in [0.1, 0.15) is 32.1 Å². The molecule has 2 unspecified atom stereocenters. The molecule has 4 aliphatic carbocycles. The molecule has 9 nitrogen and oxygen atoms in total. The van der Waals surface area contributed by atoms with Crippen LogP contribution in [0.25, 0.3) is 0 Å². The Hall–Kier alpha value is -2.82. The summed E-state index contributed by atoms with van der Waals surface area (Å²) in [7, 11) is -3.12.